The van der Waals surface area contributed by atoms with Gasteiger partial charge in [-0.25, -0.2) is 0 Å². The summed E-state index contributed by atoms with van der Waals surface area (Å²) >= 11 is 0. The molecule has 4 aliphatic carbocycles. The second-order valence-electron chi connectivity index (χ2n) is 17.8. The first-order chi connectivity index (χ1) is 21.9. The molecule has 0 N–H and O–H groups in total. The zero-order chi connectivity index (χ0) is 35.1. The molecule has 12 atom stereocenters. The van der Waals surface area contributed by atoms with Crippen LogP contribution >= 0.6 is 0 Å². The predicted molar refractivity (Wildman–Crippen MR) is 211 cm³/mol. The summed E-state index contributed by atoms with van der Waals surface area (Å²) in [6, 6.07) is 0. The maximum Gasteiger partial charge on any atom is -0.0352 e. The van der Waals surface area contributed by atoms with E-state index in [0.29, 0.717) is 0 Å². The SMILES string of the molecule is CC.CC.CCC(CC)CC(C)CCC1C(C)C(C)C1C.CCC(CC1CCC(C)C1CCC1CC2C(C)C(C)CCC12)C(C)C. The van der Waals surface area contributed by atoms with Gasteiger partial charge in [-0.2, -0.15) is 0 Å². The maximum atomic E-state index is 2.56. The van der Waals surface area contributed by atoms with Crippen molar-refractivity contribution in [2.24, 2.45) is 94.7 Å². The molecule has 0 amide bonds. The molecular weight excluding hydrogens is 553 g/mol. The van der Waals surface area contributed by atoms with Gasteiger partial charge >= 0.3 is 0 Å². The average molecular weight is 645 g/mol. The minimum Gasteiger partial charge on any atom is -0.0683 e. The lowest BCUT2D eigenvalue weighted by Gasteiger charge is -2.54. The van der Waals surface area contributed by atoms with Crippen LogP contribution in [-0.2, 0) is 0 Å². The van der Waals surface area contributed by atoms with Gasteiger partial charge in [0, 0.05) is 0 Å². The van der Waals surface area contributed by atoms with Crippen molar-refractivity contribution in [2.45, 2.75) is 201 Å². The largest absolute Gasteiger partial charge is 0.0683 e. The lowest BCUT2D eigenvalue weighted by atomic mass is 9.52. The Balaban J connectivity index is 0.000000441. The summed E-state index contributed by atoms with van der Waals surface area (Å²) in [5, 5.41) is 0. The van der Waals surface area contributed by atoms with E-state index >= 15 is 0 Å². The Morgan fingerprint density at radius 3 is 1.67 bits per heavy atom. The molecule has 0 bridgehead atoms. The summed E-state index contributed by atoms with van der Waals surface area (Å²) in [5.74, 6) is 16.1. The molecule has 4 rings (SSSR count). The van der Waals surface area contributed by atoms with Crippen molar-refractivity contribution in [2.75, 3.05) is 0 Å². The van der Waals surface area contributed by atoms with E-state index in [4.69, 9.17) is 0 Å². The molecule has 0 heteroatoms. The van der Waals surface area contributed by atoms with Crippen molar-refractivity contribution in [3.8, 4) is 0 Å². The highest BCUT2D eigenvalue weighted by Gasteiger charge is 2.47. The normalized spacial score (nSPS) is 37.7. The van der Waals surface area contributed by atoms with Gasteiger partial charge in [0.1, 0.15) is 0 Å². The van der Waals surface area contributed by atoms with Crippen LogP contribution in [0.25, 0.3) is 0 Å². The third-order valence-corrected chi connectivity index (χ3v) is 15.4. The van der Waals surface area contributed by atoms with E-state index in [2.05, 4.69) is 83.1 Å². The van der Waals surface area contributed by atoms with Crippen molar-refractivity contribution >= 4 is 0 Å². The molecule has 0 aliphatic heterocycles. The molecule has 276 valence electrons. The molecule has 0 nitrogen and oxygen atoms in total. The molecule has 0 heterocycles. The van der Waals surface area contributed by atoms with Gasteiger partial charge in [0.05, 0.1) is 0 Å². The summed E-state index contributed by atoms with van der Waals surface area (Å²) in [6.07, 6.45) is 20.8. The van der Waals surface area contributed by atoms with Gasteiger partial charge in [0.25, 0.3) is 0 Å². The second-order valence-corrected chi connectivity index (χ2v) is 17.8. The zero-order valence-electron chi connectivity index (χ0n) is 35.1. The molecule has 46 heavy (non-hydrogen) atoms. The minimum absolute atomic E-state index is 0.875. The Hall–Kier alpha value is 0. The van der Waals surface area contributed by atoms with Gasteiger partial charge in [-0.1, -0.05) is 149 Å². The average Bonchev–Trinajstić information content (AvgIpc) is 3.41. The summed E-state index contributed by atoms with van der Waals surface area (Å²) in [4.78, 5) is 0. The van der Waals surface area contributed by atoms with Crippen molar-refractivity contribution in [1.29, 1.82) is 0 Å². The van der Waals surface area contributed by atoms with Gasteiger partial charge in [-0.15, -0.1) is 0 Å². The van der Waals surface area contributed by atoms with E-state index in [0.717, 1.165) is 94.7 Å². The van der Waals surface area contributed by atoms with Crippen LogP contribution in [0.4, 0.5) is 0 Å². The Morgan fingerprint density at radius 1 is 0.543 bits per heavy atom. The van der Waals surface area contributed by atoms with Crippen LogP contribution in [0, 0.1) is 94.7 Å². The van der Waals surface area contributed by atoms with Crippen molar-refractivity contribution in [3.05, 3.63) is 0 Å². The molecular formula is C46H92. The first-order valence-electron chi connectivity index (χ1n) is 21.9. The van der Waals surface area contributed by atoms with Crippen molar-refractivity contribution in [1.82, 2.24) is 0 Å². The van der Waals surface area contributed by atoms with Crippen LogP contribution in [-0.4, -0.2) is 0 Å². The minimum atomic E-state index is 0.875. The summed E-state index contributed by atoms with van der Waals surface area (Å²) in [6.45, 7) is 37.4. The first kappa shape index (κ1) is 44.0. The summed E-state index contributed by atoms with van der Waals surface area (Å²) in [5.41, 5.74) is 0. The number of hydrogen-bond acceptors (Lipinski definition) is 0. The summed E-state index contributed by atoms with van der Waals surface area (Å²) in [7, 11) is 0. The highest BCUT2D eigenvalue weighted by molar-refractivity contribution is 4.97. The molecule has 4 saturated carbocycles. The third-order valence-electron chi connectivity index (χ3n) is 15.4. The lowest BCUT2D eigenvalue weighted by Crippen LogP contribution is -2.45. The number of hydrogen-bond donors (Lipinski definition) is 0. The van der Waals surface area contributed by atoms with Crippen LogP contribution in [0.3, 0.4) is 0 Å². The number of rotatable bonds is 14. The van der Waals surface area contributed by atoms with Gasteiger partial charge < -0.3 is 0 Å². The smallest absolute Gasteiger partial charge is 0.0352 e. The van der Waals surface area contributed by atoms with Gasteiger partial charge in [0.2, 0.25) is 0 Å². The molecule has 4 fully saturated rings. The number of fused-ring (bicyclic) bond motifs is 1. The standard InChI is InChI=1S/C25H46.C17H34.2C2H6/c1-7-20(16(2)3)14-21-10-8-18(5)23(21)13-11-22-15-25-19(6)17(4)9-12-24(22)25;1-7-16(8-2)11-12(3)9-10-17-14(5)13(4)15(17)6;2*1-2/h16-25H,7-15H2,1-6H3;12-17H,7-11H2,1-6H3;2*1-2H3. The van der Waals surface area contributed by atoms with Crippen LogP contribution in [0.15, 0.2) is 0 Å². The highest BCUT2D eigenvalue weighted by atomic mass is 14.5. The Kier molecular flexibility index (Phi) is 21.7. The van der Waals surface area contributed by atoms with Crippen LogP contribution in [0.2, 0.25) is 0 Å². The maximum absolute atomic E-state index is 2.56. The molecule has 0 aromatic heterocycles. The molecule has 0 aromatic rings. The highest BCUT2D eigenvalue weighted by Crippen LogP contribution is 2.56. The second kappa shape index (κ2) is 22.7. The topological polar surface area (TPSA) is 0 Å². The van der Waals surface area contributed by atoms with Crippen molar-refractivity contribution < 1.29 is 0 Å². The third kappa shape index (κ3) is 12.1. The fourth-order valence-corrected chi connectivity index (χ4v) is 11.2. The predicted octanol–water partition coefficient (Wildman–Crippen LogP) is 15.6. The summed E-state index contributed by atoms with van der Waals surface area (Å²) < 4.78 is 0. The van der Waals surface area contributed by atoms with Crippen LogP contribution in [0.5, 0.6) is 0 Å². The molecule has 12 unspecified atom stereocenters. The fraction of sp³-hybridized carbons (Fsp3) is 1.00. The molecule has 0 saturated heterocycles. The van der Waals surface area contributed by atoms with E-state index in [1.165, 1.54) is 64.2 Å². The van der Waals surface area contributed by atoms with E-state index < -0.39 is 0 Å². The van der Waals surface area contributed by atoms with Crippen molar-refractivity contribution in [3.63, 3.8) is 0 Å². The first-order valence-corrected chi connectivity index (χ1v) is 21.9. The Bertz CT molecular complexity index is 722. The van der Waals surface area contributed by atoms with Gasteiger partial charge in [0.15, 0.2) is 0 Å². The van der Waals surface area contributed by atoms with E-state index in [1.807, 2.05) is 27.7 Å². The molecule has 0 radical (unpaired) electrons. The quantitative estimate of drug-likeness (QED) is 0.176. The van der Waals surface area contributed by atoms with E-state index in [9.17, 15) is 0 Å². The Morgan fingerprint density at radius 2 is 1.13 bits per heavy atom. The van der Waals surface area contributed by atoms with Gasteiger partial charge in [-0.05, 0) is 146 Å². The van der Waals surface area contributed by atoms with E-state index in [1.54, 1.807) is 25.7 Å². The monoisotopic (exact) mass is 645 g/mol. The zero-order valence-corrected chi connectivity index (χ0v) is 35.1. The van der Waals surface area contributed by atoms with E-state index in [-0.39, 0.29) is 0 Å². The molecule has 4 aliphatic rings. The Labute approximate surface area is 294 Å². The lowest BCUT2D eigenvalue weighted by molar-refractivity contribution is -0.0413. The fourth-order valence-electron chi connectivity index (χ4n) is 11.2. The molecule has 0 spiro atoms. The molecule has 0 aromatic carbocycles. The van der Waals surface area contributed by atoms with Crippen LogP contribution in [0.1, 0.15) is 201 Å². The van der Waals surface area contributed by atoms with Crippen LogP contribution < -0.4 is 0 Å². The van der Waals surface area contributed by atoms with Gasteiger partial charge in [-0.3, -0.25) is 0 Å².